The van der Waals surface area contributed by atoms with Gasteiger partial charge in [-0.15, -0.1) is 0 Å². The minimum atomic E-state index is -0.810. The van der Waals surface area contributed by atoms with Crippen molar-refractivity contribution in [2.24, 2.45) is 0 Å². The van der Waals surface area contributed by atoms with E-state index in [1.54, 1.807) is 0 Å². The second-order valence-corrected chi connectivity index (χ2v) is 8.23. The standard InChI is InChI=1S/C27H29N3O4/c1-19(31)29-21-10-8-20(9-11-21)28-15-4-5-17-34-22-12-13-24-23-6-2-3-7-25(23)30(26(24)18-22)16-14-27(32)33/h2-3,6-13,18,28H,4-5,14-17H2,1H3,(H,29,31)(H,32,33). The van der Waals surface area contributed by atoms with Crippen LogP contribution in [0.3, 0.4) is 0 Å². The molecular formula is C27H29N3O4. The molecule has 7 nitrogen and oxygen atoms in total. The minimum Gasteiger partial charge on any atom is -0.494 e. The van der Waals surface area contributed by atoms with E-state index in [9.17, 15) is 9.59 Å². The smallest absolute Gasteiger partial charge is 0.305 e. The van der Waals surface area contributed by atoms with Crippen LogP contribution >= 0.6 is 0 Å². The SMILES string of the molecule is CC(=O)Nc1ccc(NCCCCOc2ccc3c4ccccc4n(CCC(=O)O)c3c2)cc1. The third kappa shape index (κ3) is 5.67. The number of nitrogens with zero attached hydrogens (tertiary/aromatic N) is 1. The van der Waals surface area contributed by atoms with Gasteiger partial charge in [-0.05, 0) is 55.3 Å². The van der Waals surface area contributed by atoms with Crippen molar-refractivity contribution in [1.82, 2.24) is 4.57 Å². The summed E-state index contributed by atoms with van der Waals surface area (Å²) in [5.41, 5.74) is 3.82. The van der Waals surface area contributed by atoms with Gasteiger partial charge >= 0.3 is 5.97 Å². The Labute approximate surface area is 198 Å². The molecule has 0 aliphatic carbocycles. The number of carbonyl (C=O) groups is 2. The van der Waals surface area contributed by atoms with Crippen LogP contribution in [0.25, 0.3) is 21.8 Å². The van der Waals surface area contributed by atoms with Crippen LogP contribution in [-0.4, -0.2) is 34.7 Å². The molecule has 1 amide bonds. The molecule has 0 aliphatic heterocycles. The zero-order valence-corrected chi connectivity index (χ0v) is 19.2. The van der Waals surface area contributed by atoms with Crippen LogP contribution in [0.2, 0.25) is 0 Å². The first-order valence-electron chi connectivity index (χ1n) is 11.5. The average molecular weight is 460 g/mol. The van der Waals surface area contributed by atoms with Crippen LogP contribution in [0, 0.1) is 0 Å². The molecular weight excluding hydrogens is 430 g/mol. The summed E-state index contributed by atoms with van der Waals surface area (Å²) in [5, 5.41) is 17.5. The van der Waals surface area contributed by atoms with Crippen molar-refractivity contribution in [2.75, 3.05) is 23.8 Å². The Bertz CT molecular complexity index is 1290. The molecule has 0 atom stereocenters. The molecule has 4 rings (SSSR count). The Morgan fingerprint density at radius 2 is 1.65 bits per heavy atom. The van der Waals surface area contributed by atoms with Crippen LogP contribution in [0.4, 0.5) is 11.4 Å². The Hall–Kier alpha value is -4.00. The van der Waals surface area contributed by atoms with E-state index in [1.807, 2.05) is 54.6 Å². The number of nitrogens with one attached hydrogen (secondary N) is 2. The largest absolute Gasteiger partial charge is 0.494 e. The van der Waals surface area contributed by atoms with Crippen molar-refractivity contribution in [2.45, 2.75) is 32.7 Å². The van der Waals surface area contributed by atoms with E-state index in [0.717, 1.165) is 58.3 Å². The number of carboxylic acid groups (broad SMARTS) is 1. The van der Waals surface area contributed by atoms with Crippen molar-refractivity contribution in [3.63, 3.8) is 0 Å². The fraction of sp³-hybridized carbons (Fsp3) is 0.259. The highest BCUT2D eigenvalue weighted by Crippen LogP contribution is 2.31. The first-order valence-corrected chi connectivity index (χ1v) is 11.5. The second kappa shape index (κ2) is 10.7. The molecule has 4 aromatic rings. The number of carbonyl (C=O) groups excluding carboxylic acids is 1. The summed E-state index contributed by atoms with van der Waals surface area (Å²) < 4.78 is 8.06. The number of benzene rings is 3. The predicted molar refractivity (Wildman–Crippen MR) is 136 cm³/mol. The number of aliphatic carboxylic acids is 1. The van der Waals surface area contributed by atoms with E-state index in [-0.39, 0.29) is 12.3 Å². The molecule has 0 bridgehead atoms. The minimum absolute atomic E-state index is 0.0713. The molecule has 0 saturated carbocycles. The second-order valence-electron chi connectivity index (χ2n) is 8.23. The summed E-state index contributed by atoms with van der Waals surface area (Å²) in [6, 6.07) is 21.7. The van der Waals surface area contributed by atoms with E-state index in [0.29, 0.717) is 13.2 Å². The summed E-state index contributed by atoms with van der Waals surface area (Å²) >= 11 is 0. The highest BCUT2D eigenvalue weighted by Gasteiger charge is 2.12. The van der Waals surface area contributed by atoms with Gasteiger partial charge in [0.2, 0.25) is 5.91 Å². The van der Waals surface area contributed by atoms with E-state index in [2.05, 4.69) is 27.3 Å². The molecule has 0 radical (unpaired) electrons. The number of unbranched alkanes of at least 4 members (excludes halogenated alkanes) is 1. The van der Waals surface area contributed by atoms with Gasteiger partial charge in [0.05, 0.1) is 18.5 Å². The number of hydrogen-bond acceptors (Lipinski definition) is 4. The van der Waals surface area contributed by atoms with Gasteiger partial charge in [-0.25, -0.2) is 0 Å². The van der Waals surface area contributed by atoms with Gasteiger partial charge in [0.25, 0.3) is 0 Å². The molecule has 1 heterocycles. The molecule has 0 unspecified atom stereocenters. The third-order valence-corrected chi connectivity index (χ3v) is 5.67. The van der Waals surface area contributed by atoms with Crippen molar-refractivity contribution in [1.29, 1.82) is 0 Å². The number of rotatable bonds is 11. The third-order valence-electron chi connectivity index (χ3n) is 5.67. The molecule has 1 aromatic heterocycles. The summed E-state index contributed by atoms with van der Waals surface area (Å²) in [6.45, 7) is 3.33. The highest BCUT2D eigenvalue weighted by molar-refractivity contribution is 6.08. The van der Waals surface area contributed by atoms with Gasteiger partial charge in [-0.1, -0.05) is 18.2 Å². The molecule has 0 spiro atoms. The van der Waals surface area contributed by atoms with E-state index < -0.39 is 5.97 Å². The lowest BCUT2D eigenvalue weighted by atomic mass is 10.1. The monoisotopic (exact) mass is 459 g/mol. The predicted octanol–water partition coefficient (Wildman–Crippen LogP) is 5.50. The van der Waals surface area contributed by atoms with Crippen LogP contribution in [0.1, 0.15) is 26.2 Å². The molecule has 0 aliphatic rings. The molecule has 34 heavy (non-hydrogen) atoms. The van der Waals surface area contributed by atoms with E-state index in [4.69, 9.17) is 9.84 Å². The summed E-state index contributed by atoms with van der Waals surface area (Å²) in [6.07, 6.45) is 1.92. The van der Waals surface area contributed by atoms with Crippen LogP contribution < -0.4 is 15.4 Å². The molecule has 7 heteroatoms. The first-order chi connectivity index (χ1) is 16.5. The molecule has 0 saturated heterocycles. The van der Waals surface area contributed by atoms with Crippen molar-refractivity contribution in [3.05, 3.63) is 66.7 Å². The number of fused-ring (bicyclic) bond motifs is 3. The fourth-order valence-corrected chi connectivity index (χ4v) is 4.09. The number of para-hydroxylation sites is 1. The lowest BCUT2D eigenvalue weighted by Gasteiger charge is -2.10. The normalized spacial score (nSPS) is 11.0. The maximum absolute atomic E-state index is 11.1. The highest BCUT2D eigenvalue weighted by atomic mass is 16.5. The fourth-order valence-electron chi connectivity index (χ4n) is 4.09. The number of carboxylic acids is 1. The van der Waals surface area contributed by atoms with Crippen LogP contribution in [0.5, 0.6) is 5.75 Å². The van der Waals surface area contributed by atoms with Gasteiger partial charge in [-0.3, -0.25) is 9.59 Å². The van der Waals surface area contributed by atoms with E-state index in [1.165, 1.54) is 6.92 Å². The zero-order chi connectivity index (χ0) is 23.9. The van der Waals surface area contributed by atoms with Crippen LogP contribution in [-0.2, 0) is 16.1 Å². The zero-order valence-electron chi connectivity index (χ0n) is 19.2. The Morgan fingerprint density at radius 3 is 2.41 bits per heavy atom. The quantitative estimate of drug-likeness (QED) is 0.258. The maximum atomic E-state index is 11.1. The first kappa shape index (κ1) is 23.2. The molecule has 176 valence electrons. The molecule has 3 N–H and O–H groups in total. The Morgan fingerprint density at radius 1 is 0.912 bits per heavy atom. The summed E-state index contributed by atoms with van der Waals surface area (Å²) in [7, 11) is 0. The van der Waals surface area contributed by atoms with Crippen molar-refractivity contribution < 1.29 is 19.4 Å². The van der Waals surface area contributed by atoms with Gasteiger partial charge < -0.3 is 25.0 Å². The topological polar surface area (TPSA) is 92.6 Å². The number of hydrogen-bond donors (Lipinski definition) is 3. The number of amides is 1. The van der Waals surface area contributed by atoms with E-state index >= 15 is 0 Å². The summed E-state index contributed by atoms with van der Waals surface area (Å²) in [5.74, 6) is -0.106. The lowest BCUT2D eigenvalue weighted by Crippen LogP contribution is -2.07. The van der Waals surface area contributed by atoms with Gasteiger partial charge in [0.1, 0.15) is 5.75 Å². The van der Waals surface area contributed by atoms with Crippen molar-refractivity contribution >= 4 is 45.1 Å². The van der Waals surface area contributed by atoms with Gasteiger partial charge in [0, 0.05) is 53.7 Å². The number of aromatic nitrogens is 1. The number of aryl methyl sites for hydroxylation is 1. The molecule has 0 fully saturated rings. The van der Waals surface area contributed by atoms with Gasteiger partial charge in [0.15, 0.2) is 0 Å². The molecule has 3 aromatic carbocycles. The lowest BCUT2D eigenvalue weighted by molar-refractivity contribution is -0.137. The Balaban J connectivity index is 1.31. The maximum Gasteiger partial charge on any atom is 0.305 e. The van der Waals surface area contributed by atoms with Crippen LogP contribution in [0.15, 0.2) is 66.7 Å². The number of anilines is 2. The van der Waals surface area contributed by atoms with Gasteiger partial charge in [-0.2, -0.15) is 0 Å². The Kier molecular flexibility index (Phi) is 7.32. The number of ether oxygens (including phenoxy) is 1. The summed E-state index contributed by atoms with van der Waals surface area (Å²) in [4.78, 5) is 22.2. The average Bonchev–Trinajstić information content (AvgIpc) is 3.13. The van der Waals surface area contributed by atoms with Crippen molar-refractivity contribution in [3.8, 4) is 5.75 Å².